The Morgan fingerprint density at radius 2 is 1.76 bits per heavy atom. The van der Waals surface area contributed by atoms with Gasteiger partial charge in [-0.2, -0.15) is 13.2 Å². The number of alkyl halides is 3. The Hall–Kier alpha value is -3.55. The van der Waals surface area contributed by atoms with Crippen molar-refractivity contribution in [3.05, 3.63) is 88.4 Å². The van der Waals surface area contributed by atoms with Gasteiger partial charge in [-0.15, -0.1) is 0 Å². The molecule has 0 bridgehead atoms. The first-order valence-electron chi connectivity index (χ1n) is 10.7. The zero-order valence-corrected chi connectivity index (χ0v) is 18.0. The molecule has 2 aliphatic rings. The van der Waals surface area contributed by atoms with Gasteiger partial charge in [-0.3, -0.25) is 9.69 Å². The highest BCUT2D eigenvalue weighted by Crippen LogP contribution is 2.48. The van der Waals surface area contributed by atoms with E-state index in [2.05, 4.69) is 0 Å². The smallest absolute Gasteiger partial charge is 0.418 e. The zero-order chi connectivity index (χ0) is 23.8. The monoisotopic (exact) mass is 456 g/mol. The summed E-state index contributed by atoms with van der Waals surface area (Å²) < 4.78 is 46.9. The summed E-state index contributed by atoms with van der Waals surface area (Å²) in [5.74, 6) is -1.95. The largest absolute Gasteiger partial charge is 0.463 e. The van der Waals surface area contributed by atoms with E-state index in [1.165, 1.54) is 23.1 Å². The number of benzene rings is 2. The molecule has 4 rings (SSSR count). The van der Waals surface area contributed by atoms with Crippen LogP contribution in [0, 0.1) is 0 Å². The van der Waals surface area contributed by atoms with E-state index in [1.807, 2.05) is 0 Å². The van der Waals surface area contributed by atoms with Crippen LogP contribution in [0.2, 0.25) is 0 Å². The summed E-state index contributed by atoms with van der Waals surface area (Å²) in [4.78, 5) is 27.5. The number of nitrogens with zero attached hydrogens (tertiary/aromatic N) is 1. The normalized spacial score (nSPS) is 19.0. The topological polar surface area (TPSA) is 72.6 Å². The average molecular weight is 456 g/mol. The summed E-state index contributed by atoms with van der Waals surface area (Å²) in [5.41, 5.74) is 6.64. The number of nitrogens with two attached hydrogens (primary N) is 1. The Bertz CT molecular complexity index is 1150. The van der Waals surface area contributed by atoms with Crippen molar-refractivity contribution >= 4 is 17.4 Å². The molecule has 0 saturated carbocycles. The summed E-state index contributed by atoms with van der Waals surface area (Å²) >= 11 is 0. The molecule has 1 aliphatic carbocycles. The molecule has 33 heavy (non-hydrogen) atoms. The highest BCUT2D eigenvalue weighted by atomic mass is 19.4. The lowest BCUT2D eigenvalue weighted by molar-refractivity contribution is -0.139. The Labute approximate surface area is 189 Å². The molecule has 8 heteroatoms. The SMILES string of the molecule is CCOC(=O)C1=C(N)N(c2ccccc2C(F)(F)F)C2=C(C(=O)CCC2)C1c1ccccc1. The number of rotatable bonds is 4. The Kier molecular flexibility index (Phi) is 6.01. The van der Waals surface area contributed by atoms with Gasteiger partial charge in [-0.25, -0.2) is 4.79 Å². The number of hydrogen-bond acceptors (Lipinski definition) is 5. The first-order valence-corrected chi connectivity index (χ1v) is 10.7. The predicted octanol–water partition coefficient (Wildman–Crippen LogP) is 5.05. The van der Waals surface area contributed by atoms with E-state index in [9.17, 15) is 22.8 Å². The number of ether oxygens (including phenoxy) is 1. The number of ketones is 1. The van der Waals surface area contributed by atoms with Crippen molar-refractivity contribution in [2.45, 2.75) is 38.3 Å². The van der Waals surface area contributed by atoms with Gasteiger partial charge >= 0.3 is 12.1 Å². The fourth-order valence-electron chi connectivity index (χ4n) is 4.56. The standard InChI is InChI=1S/C25H23F3N2O3/c1-2-33-24(32)22-20(15-9-4-3-5-10-15)21-18(13-8-14-19(21)31)30(23(22)29)17-12-7-6-11-16(17)25(26,27)28/h3-7,9-12,20H,2,8,13-14,29H2,1H3. The van der Waals surface area contributed by atoms with Crippen LogP contribution < -0.4 is 10.6 Å². The van der Waals surface area contributed by atoms with Crippen molar-refractivity contribution in [3.63, 3.8) is 0 Å². The Morgan fingerprint density at radius 3 is 2.42 bits per heavy atom. The molecule has 0 amide bonds. The third kappa shape index (κ3) is 4.01. The van der Waals surface area contributed by atoms with Crippen molar-refractivity contribution in [2.75, 3.05) is 11.5 Å². The molecule has 1 aliphatic heterocycles. The van der Waals surface area contributed by atoms with Crippen LogP contribution in [0.4, 0.5) is 18.9 Å². The molecule has 5 nitrogen and oxygen atoms in total. The summed E-state index contributed by atoms with van der Waals surface area (Å²) in [6.07, 6.45) is -3.58. The fraction of sp³-hybridized carbons (Fsp3) is 0.280. The number of hydrogen-bond donors (Lipinski definition) is 1. The number of esters is 1. The molecule has 0 fully saturated rings. The molecule has 1 unspecified atom stereocenters. The lowest BCUT2D eigenvalue weighted by Crippen LogP contribution is -2.41. The first-order chi connectivity index (χ1) is 15.8. The molecule has 0 radical (unpaired) electrons. The van der Waals surface area contributed by atoms with Crippen LogP contribution >= 0.6 is 0 Å². The highest BCUT2D eigenvalue weighted by molar-refractivity contribution is 6.05. The lowest BCUT2D eigenvalue weighted by atomic mass is 9.75. The predicted molar refractivity (Wildman–Crippen MR) is 117 cm³/mol. The molecule has 172 valence electrons. The number of allylic oxidation sites excluding steroid dienone is 2. The minimum atomic E-state index is -4.66. The third-order valence-electron chi connectivity index (χ3n) is 5.87. The summed E-state index contributed by atoms with van der Waals surface area (Å²) in [6, 6.07) is 13.9. The van der Waals surface area contributed by atoms with Gasteiger partial charge in [0.25, 0.3) is 0 Å². The summed E-state index contributed by atoms with van der Waals surface area (Å²) in [7, 11) is 0. The summed E-state index contributed by atoms with van der Waals surface area (Å²) in [6.45, 7) is 1.68. The number of Topliss-reactive ketones (excluding diaryl/α,β-unsaturated/α-hetero) is 1. The Balaban J connectivity index is 2.04. The van der Waals surface area contributed by atoms with E-state index in [-0.39, 0.29) is 35.9 Å². The second kappa shape index (κ2) is 8.77. The average Bonchev–Trinajstić information content (AvgIpc) is 2.78. The number of carbonyl (C=O) groups is 2. The molecule has 0 saturated heterocycles. The second-order valence-corrected chi connectivity index (χ2v) is 7.85. The number of anilines is 1. The van der Waals surface area contributed by atoms with Crippen LogP contribution in [0.25, 0.3) is 0 Å². The van der Waals surface area contributed by atoms with Crippen molar-refractivity contribution in [2.24, 2.45) is 5.73 Å². The lowest BCUT2D eigenvalue weighted by Gasteiger charge is -2.41. The Morgan fingerprint density at radius 1 is 1.09 bits per heavy atom. The minimum absolute atomic E-state index is 0.0333. The van der Waals surface area contributed by atoms with Gasteiger partial charge in [0.2, 0.25) is 0 Å². The van der Waals surface area contributed by atoms with Gasteiger partial charge in [-0.1, -0.05) is 42.5 Å². The van der Waals surface area contributed by atoms with Crippen molar-refractivity contribution in [1.82, 2.24) is 0 Å². The number of halogens is 3. The molecule has 0 spiro atoms. The van der Waals surface area contributed by atoms with Crippen LogP contribution in [0.15, 0.2) is 77.3 Å². The van der Waals surface area contributed by atoms with E-state index >= 15 is 0 Å². The maximum Gasteiger partial charge on any atom is 0.418 e. The van der Waals surface area contributed by atoms with Crippen LogP contribution in [0.1, 0.15) is 43.2 Å². The van der Waals surface area contributed by atoms with E-state index < -0.39 is 23.6 Å². The van der Waals surface area contributed by atoms with E-state index in [0.29, 0.717) is 29.7 Å². The van der Waals surface area contributed by atoms with E-state index in [1.54, 1.807) is 37.3 Å². The van der Waals surface area contributed by atoms with E-state index in [0.717, 1.165) is 6.07 Å². The van der Waals surface area contributed by atoms with Crippen molar-refractivity contribution < 1.29 is 27.5 Å². The third-order valence-corrected chi connectivity index (χ3v) is 5.87. The summed E-state index contributed by atoms with van der Waals surface area (Å²) in [5, 5.41) is 0. The molecular formula is C25H23F3N2O3. The molecule has 0 aromatic heterocycles. The number of carbonyl (C=O) groups excluding carboxylic acids is 2. The van der Waals surface area contributed by atoms with Crippen LogP contribution in [-0.2, 0) is 20.5 Å². The van der Waals surface area contributed by atoms with E-state index in [4.69, 9.17) is 10.5 Å². The molecule has 1 heterocycles. The maximum atomic E-state index is 13.9. The van der Waals surface area contributed by atoms with Gasteiger partial charge in [0, 0.05) is 17.7 Å². The second-order valence-electron chi connectivity index (χ2n) is 7.85. The number of para-hydroxylation sites is 1. The zero-order valence-electron chi connectivity index (χ0n) is 18.0. The van der Waals surface area contributed by atoms with Gasteiger partial charge in [0.15, 0.2) is 5.78 Å². The van der Waals surface area contributed by atoms with Crippen LogP contribution in [0.3, 0.4) is 0 Å². The van der Waals surface area contributed by atoms with Crippen LogP contribution in [-0.4, -0.2) is 18.4 Å². The molecule has 1 atom stereocenters. The molecular weight excluding hydrogens is 433 g/mol. The van der Waals surface area contributed by atoms with Gasteiger partial charge in [0.05, 0.1) is 29.3 Å². The molecule has 2 N–H and O–H groups in total. The van der Waals surface area contributed by atoms with Crippen molar-refractivity contribution in [1.29, 1.82) is 0 Å². The molecule has 2 aromatic rings. The quantitative estimate of drug-likeness (QED) is 0.652. The molecule has 2 aromatic carbocycles. The fourth-order valence-corrected chi connectivity index (χ4v) is 4.56. The van der Waals surface area contributed by atoms with Crippen LogP contribution in [0.5, 0.6) is 0 Å². The van der Waals surface area contributed by atoms with Gasteiger partial charge in [0.1, 0.15) is 5.82 Å². The minimum Gasteiger partial charge on any atom is -0.463 e. The van der Waals surface area contributed by atoms with Crippen molar-refractivity contribution in [3.8, 4) is 0 Å². The maximum absolute atomic E-state index is 13.9. The van der Waals surface area contributed by atoms with Gasteiger partial charge < -0.3 is 10.5 Å². The van der Waals surface area contributed by atoms with Gasteiger partial charge in [-0.05, 0) is 37.5 Å². The highest BCUT2D eigenvalue weighted by Gasteiger charge is 2.45. The first kappa shape index (κ1) is 22.6.